The highest BCUT2D eigenvalue weighted by molar-refractivity contribution is 5.74. The van der Waals surface area contributed by atoms with E-state index < -0.39 is 0 Å². The van der Waals surface area contributed by atoms with Gasteiger partial charge in [-0.2, -0.15) is 0 Å². The van der Waals surface area contributed by atoms with Crippen molar-refractivity contribution in [3.63, 3.8) is 0 Å². The van der Waals surface area contributed by atoms with Gasteiger partial charge in [-0.15, -0.1) is 0 Å². The average Bonchev–Trinajstić information content (AvgIpc) is 3.16. The van der Waals surface area contributed by atoms with E-state index in [0.29, 0.717) is 19.7 Å². The van der Waals surface area contributed by atoms with Crippen LogP contribution in [-0.2, 0) is 19.7 Å². The summed E-state index contributed by atoms with van der Waals surface area (Å²) in [5.41, 5.74) is 5.56. The number of hydrogen-bond donors (Lipinski definition) is 2. The van der Waals surface area contributed by atoms with E-state index in [4.69, 9.17) is 9.47 Å². The van der Waals surface area contributed by atoms with E-state index >= 15 is 0 Å². The molecule has 0 saturated heterocycles. The molecule has 29 heavy (non-hydrogen) atoms. The Kier molecular flexibility index (Phi) is 5.77. The van der Waals surface area contributed by atoms with E-state index in [1.807, 2.05) is 48.5 Å². The zero-order valence-electron chi connectivity index (χ0n) is 16.7. The van der Waals surface area contributed by atoms with Crippen LogP contribution in [0.4, 0.5) is 0 Å². The molecule has 5 nitrogen and oxygen atoms in total. The standard InChI is InChI=1S/C24H25N3O2/c1-17-7-3-4-8-19(17)16-29-22-12-11-18(13-23(22)28-2)14-25-15-24-26-20-9-5-6-10-21(20)27-24/h3-13,25H,14-16H2,1-2H3,(H,26,27). The van der Waals surface area contributed by atoms with Gasteiger partial charge in [-0.05, 0) is 47.9 Å². The quantitative estimate of drug-likeness (QED) is 0.458. The average molecular weight is 387 g/mol. The Balaban J connectivity index is 1.36. The van der Waals surface area contributed by atoms with Crippen molar-refractivity contribution in [2.24, 2.45) is 0 Å². The van der Waals surface area contributed by atoms with Crippen LogP contribution >= 0.6 is 0 Å². The molecule has 1 heterocycles. The Bertz CT molecular complexity index is 1070. The van der Waals surface area contributed by atoms with Gasteiger partial charge in [0.15, 0.2) is 11.5 Å². The van der Waals surface area contributed by atoms with E-state index in [1.165, 1.54) is 11.1 Å². The highest BCUT2D eigenvalue weighted by atomic mass is 16.5. The topological polar surface area (TPSA) is 59.2 Å². The van der Waals surface area contributed by atoms with E-state index in [1.54, 1.807) is 7.11 Å². The van der Waals surface area contributed by atoms with Gasteiger partial charge in [0.2, 0.25) is 0 Å². The smallest absolute Gasteiger partial charge is 0.161 e. The van der Waals surface area contributed by atoms with Crippen molar-refractivity contribution < 1.29 is 9.47 Å². The lowest BCUT2D eigenvalue weighted by Crippen LogP contribution is -2.13. The van der Waals surface area contributed by atoms with E-state index in [-0.39, 0.29) is 0 Å². The Morgan fingerprint density at radius 2 is 1.76 bits per heavy atom. The van der Waals surface area contributed by atoms with Gasteiger partial charge in [0.25, 0.3) is 0 Å². The molecular formula is C24H25N3O2. The van der Waals surface area contributed by atoms with Crippen molar-refractivity contribution in [2.45, 2.75) is 26.6 Å². The third kappa shape index (κ3) is 4.58. The summed E-state index contributed by atoms with van der Waals surface area (Å²) in [6.07, 6.45) is 0. The first-order valence-corrected chi connectivity index (χ1v) is 9.71. The fourth-order valence-electron chi connectivity index (χ4n) is 3.28. The Hall–Kier alpha value is -3.31. The van der Waals surface area contributed by atoms with Crippen LogP contribution in [0.5, 0.6) is 11.5 Å². The van der Waals surface area contributed by atoms with Crippen molar-refractivity contribution in [2.75, 3.05) is 7.11 Å². The minimum Gasteiger partial charge on any atom is -0.493 e. The third-order valence-corrected chi connectivity index (χ3v) is 4.93. The maximum Gasteiger partial charge on any atom is 0.161 e. The summed E-state index contributed by atoms with van der Waals surface area (Å²) in [7, 11) is 1.67. The van der Waals surface area contributed by atoms with Gasteiger partial charge >= 0.3 is 0 Å². The number of imidazole rings is 1. The van der Waals surface area contributed by atoms with Crippen LogP contribution in [0.2, 0.25) is 0 Å². The van der Waals surface area contributed by atoms with Gasteiger partial charge in [0.05, 0.1) is 24.7 Å². The number of ether oxygens (including phenoxy) is 2. The molecule has 0 fully saturated rings. The summed E-state index contributed by atoms with van der Waals surface area (Å²) >= 11 is 0. The number of para-hydroxylation sites is 2. The Morgan fingerprint density at radius 3 is 2.59 bits per heavy atom. The highest BCUT2D eigenvalue weighted by Crippen LogP contribution is 2.29. The van der Waals surface area contributed by atoms with Gasteiger partial charge in [-0.3, -0.25) is 0 Å². The molecule has 0 spiro atoms. The lowest BCUT2D eigenvalue weighted by molar-refractivity contribution is 0.283. The van der Waals surface area contributed by atoms with Crippen molar-refractivity contribution in [1.29, 1.82) is 0 Å². The molecule has 4 aromatic rings. The van der Waals surface area contributed by atoms with Crippen LogP contribution in [0.25, 0.3) is 11.0 Å². The maximum atomic E-state index is 6.00. The second-order valence-electron chi connectivity index (χ2n) is 7.00. The summed E-state index contributed by atoms with van der Waals surface area (Å²) < 4.78 is 11.5. The van der Waals surface area contributed by atoms with Gasteiger partial charge in [-0.1, -0.05) is 42.5 Å². The zero-order valence-corrected chi connectivity index (χ0v) is 16.7. The molecule has 3 aromatic carbocycles. The second-order valence-corrected chi connectivity index (χ2v) is 7.00. The summed E-state index contributed by atoms with van der Waals surface area (Å²) in [6, 6.07) is 22.3. The van der Waals surface area contributed by atoms with Crippen LogP contribution in [0, 0.1) is 6.92 Å². The SMILES string of the molecule is COc1cc(CNCc2nc3ccccc3[nH]2)ccc1OCc1ccccc1C. The third-order valence-electron chi connectivity index (χ3n) is 4.93. The minimum absolute atomic E-state index is 0.521. The summed E-state index contributed by atoms with van der Waals surface area (Å²) in [5.74, 6) is 2.41. The number of fused-ring (bicyclic) bond motifs is 1. The molecule has 0 aliphatic carbocycles. The lowest BCUT2D eigenvalue weighted by Gasteiger charge is -2.13. The number of aromatic nitrogens is 2. The number of methoxy groups -OCH3 is 1. The number of nitrogens with zero attached hydrogens (tertiary/aromatic N) is 1. The molecule has 0 amide bonds. The van der Waals surface area contributed by atoms with Gasteiger partial charge in [0.1, 0.15) is 12.4 Å². The summed E-state index contributed by atoms with van der Waals surface area (Å²) in [6.45, 7) is 3.99. The fraction of sp³-hybridized carbons (Fsp3) is 0.208. The zero-order chi connectivity index (χ0) is 20.1. The molecule has 2 N–H and O–H groups in total. The molecule has 4 rings (SSSR count). The fourth-order valence-corrected chi connectivity index (χ4v) is 3.28. The predicted octanol–water partition coefficient (Wildman–Crippen LogP) is 4.75. The molecule has 0 bridgehead atoms. The van der Waals surface area contributed by atoms with Crippen molar-refractivity contribution in [3.05, 3.63) is 89.2 Å². The Labute approximate surface area is 170 Å². The number of benzene rings is 3. The van der Waals surface area contributed by atoms with Gasteiger partial charge in [-0.25, -0.2) is 4.98 Å². The molecule has 1 aromatic heterocycles. The number of hydrogen-bond acceptors (Lipinski definition) is 4. The van der Waals surface area contributed by atoms with Gasteiger partial charge < -0.3 is 19.8 Å². The van der Waals surface area contributed by atoms with Crippen LogP contribution in [-0.4, -0.2) is 17.1 Å². The summed E-state index contributed by atoms with van der Waals surface area (Å²) in [5, 5.41) is 3.42. The number of aryl methyl sites for hydroxylation is 1. The van der Waals surface area contributed by atoms with Crippen LogP contribution in [0.15, 0.2) is 66.7 Å². The lowest BCUT2D eigenvalue weighted by atomic mass is 10.1. The van der Waals surface area contributed by atoms with Crippen LogP contribution in [0.3, 0.4) is 0 Å². The predicted molar refractivity (Wildman–Crippen MR) is 115 cm³/mol. The van der Waals surface area contributed by atoms with Crippen molar-refractivity contribution in [1.82, 2.24) is 15.3 Å². The number of H-pyrrole nitrogens is 1. The second kappa shape index (κ2) is 8.80. The minimum atomic E-state index is 0.521. The van der Waals surface area contributed by atoms with Crippen molar-refractivity contribution in [3.8, 4) is 11.5 Å². The molecule has 0 aliphatic rings. The monoisotopic (exact) mass is 387 g/mol. The number of nitrogens with one attached hydrogen (secondary N) is 2. The number of aromatic amines is 1. The molecular weight excluding hydrogens is 362 g/mol. The first-order valence-electron chi connectivity index (χ1n) is 9.71. The normalized spacial score (nSPS) is 11.0. The van der Waals surface area contributed by atoms with E-state index in [0.717, 1.165) is 33.9 Å². The Morgan fingerprint density at radius 1 is 0.931 bits per heavy atom. The molecule has 5 heteroatoms. The van der Waals surface area contributed by atoms with Crippen molar-refractivity contribution >= 4 is 11.0 Å². The molecule has 0 radical (unpaired) electrons. The van der Waals surface area contributed by atoms with Gasteiger partial charge in [0, 0.05) is 6.54 Å². The van der Waals surface area contributed by atoms with E-state index in [2.05, 4.69) is 40.4 Å². The molecule has 0 aliphatic heterocycles. The first-order chi connectivity index (χ1) is 14.2. The molecule has 148 valence electrons. The molecule has 0 saturated carbocycles. The maximum absolute atomic E-state index is 6.00. The van der Waals surface area contributed by atoms with Crippen LogP contribution < -0.4 is 14.8 Å². The highest BCUT2D eigenvalue weighted by Gasteiger charge is 2.08. The molecule has 0 atom stereocenters. The largest absolute Gasteiger partial charge is 0.493 e. The number of rotatable bonds is 8. The first kappa shape index (κ1) is 19.0. The molecule has 0 unspecified atom stereocenters. The van der Waals surface area contributed by atoms with E-state index in [9.17, 15) is 0 Å². The van der Waals surface area contributed by atoms with Crippen LogP contribution in [0.1, 0.15) is 22.5 Å². The summed E-state index contributed by atoms with van der Waals surface area (Å²) in [4.78, 5) is 7.92.